The van der Waals surface area contributed by atoms with Gasteiger partial charge in [0, 0.05) is 24.5 Å². The van der Waals surface area contributed by atoms with Gasteiger partial charge in [-0.3, -0.25) is 9.59 Å². The first-order chi connectivity index (χ1) is 10.5. The topological polar surface area (TPSA) is 75.4 Å². The predicted molar refractivity (Wildman–Crippen MR) is 80.1 cm³/mol. The van der Waals surface area contributed by atoms with E-state index in [1.807, 2.05) is 13.8 Å². The molecule has 1 aromatic heterocycles. The lowest BCUT2D eigenvalue weighted by Gasteiger charge is -2.29. The second-order valence-corrected chi connectivity index (χ2v) is 6.84. The van der Waals surface area contributed by atoms with Gasteiger partial charge in [-0.2, -0.15) is 0 Å². The van der Waals surface area contributed by atoms with Crippen molar-refractivity contribution in [1.29, 1.82) is 0 Å². The summed E-state index contributed by atoms with van der Waals surface area (Å²) in [4.78, 5) is 30.6. The Morgan fingerprint density at radius 3 is 2.73 bits per heavy atom. The van der Waals surface area contributed by atoms with Crippen LogP contribution >= 0.6 is 0 Å². The number of carbonyl (C=O) groups excluding carboxylic acids is 2. The molecule has 6 heteroatoms. The predicted octanol–water partition coefficient (Wildman–Crippen LogP) is 1.83. The minimum absolute atomic E-state index is 0.0609. The Labute approximate surface area is 130 Å². The highest BCUT2D eigenvalue weighted by molar-refractivity contribution is 5.92. The molecule has 3 rings (SSSR count). The molecule has 0 bridgehead atoms. The maximum absolute atomic E-state index is 12.6. The van der Waals surface area contributed by atoms with Gasteiger partial charge in [-0.05, 0) is 26.7 Å². The highest BCUT2D eigenvalue weighted by atomic mass is 16.3. The van der Waals surface area contributed by atoms with Crippen LogP contribution in [-0.2, 0) is 4.79 Å². The molecule has 1 aromatic rings. The molecule has 0 aromatic carbocycles. The quantitative estimate of drug-likeness (QED) is 0.924. The zero-order chi connectivity index (χ0) is 15.7. The van der Waals surface area contributed by atoms with Gasteiger partial charge in [0.2, 0.25) is 11.7 Å². The number of oxazole rings is 1. The number of likely N-dealkylation sites (tertiary alicyclic amines) is 1. The Bertz CT molecular complexity index is 547. The largest absolute Gasteiger partial charge is 0.438 e. The van der Waals surface area contributed by atoms with Crippen molar-refractivity contribution >= 4 is 11.8 Å². The molecule has 2 aliphatic rings. The van der Waals surface area contributed by atoms with Crippen molar-refractivity contribution in [2.75, 3.05) is 13.1 Å². The van der Waals surface area contributed by atoms with Crippen molar-refractivity contribution in [2.24, 2.45) is 11.3 Å². The molecule has 1 aliphatic heterocycles. The number of hydrogen-bond donors (Lipinski definition) is 1. The molecular formula is C16H23N3O3. The van der Waals surface area contributed by atoms with E-state index in [9.17, 15) is 9.59 Å². The minimum Gasteiger partial charge on any atom is -0.438 e. The molecule has 1 saturated heterocycles. The Hall–Kier alpha value is -1.85. The standard InChI is InChI=1S/C16H23N3O3/c1-11(2)18-14(20)12-8-19(9-16(12)5-3-4-6-16)15(21)13-7-17-10-22-13/h7,10-12H,3-6,8-9H2,1-2H3,(H,18,20). The van der Waals surface area contributed by atoms with E-state index >= 15 is 0 Å². The molecule has 1 atom stereocenters. The molecule has 1 unspecified atom stereocenters. The average molecular weight is 305 g/mol. The smallest absolute Gasteiger partial charge is 0.291 e. The van der Waals surface area contributed by atoms with Crippen LogP contribution in [0, 0.1) is 11.3 Å². The van der Waals surface area contributed by atoms with E-state index < -0.39 is 0 Å². The summed E-state index contributed by atoms with van der Waals surface area (Å²) in [5, 5.41) is 3.02. The number of hydrogen-bond acceptors (Lipinski definition) is 4. The van der Waals surface area contributed by atoms with Crippen LogP contribution in [0.3, 0.4) is 0 Å². The third-order valence-electron chi connectivity index (χ3n) is 4.92. The molecule has 2 fully saturated rings. The number of nitrogens with zero attached hydrogens (tertiary/aromatic N) is 2. The van der Waals surface area contributed by atoms with Crippen LogP contribution in [0.15, 0.2) is 17.0 Å². The first kappa shape index (κ1) is 15.1. The second-order valence-electron chi connectivity index (χ2n) is 6.84. The molecule has 2 amide bonds. The van der Waals surface area contributed by atoms with Crippen LogP contribution in [0.4, 0.5) is 0 Å². The van der Waals surface area contributed by atoms with Gasteiger partial charge in [0.05, 0.1) is 12.1 Å². The van der Waals surface area contributed by atoms with Gasteiger partial charge < -0.3 is 14.6 Å². The van der Waals surface area contributed by atoms with Gasteiger partial charge in [-0.15, -0.1) is 0 Å². The monoisotopic (exact) mass is 305 g/mol. The number of nitrogens with one attached hydrogen (secondary N) is 1. The fourth-order valence-corrected chi connectivity index (χ4v) is 3.93. The van der Waals surface area contributed by atoms with Gasteiger partial charge in [-0.1, -0.05) is 12.8 Å². The van der Waals surface area contributed by atoms with Gasteiger partial charge in [0.15, 0.2) is 6.39 Å². The maximum atomic E-state index is 12.6. The lowest BCUT2D eigenvalue weighted by Crippen LogP contribution is -2.42. The molecule has 22 heavy (non-hydrogen) atoms. The zero-order valence-electron chi connectivity index (χ0n) is 13.2. The average Bonchev–Trinajstić information content (AvgIpc) is 3.19. The highest BCUT2D eigenvalue weighted by Gasteiger charge is 2.52. The van der Waals surface area contributed by atoms with Crippen molar-refractivity contribution in [1.82, 2.24) is 15.2 Å². The third-order valence-corrected chi connectivity index (χ3v) is 4.92. The van der Waals surface area contributed by atoms with Crippen LogP contribution in [0.2, 0.25) is 0 Å². The van der Waals surface area contributed by atoms with Gasteiger partial charge >= 0.3 is 0 Å². The maximum Gasteiger partial charge on any atom is 0.291 e. The number of carbonyl (C=O) groups is 2. The van der Waals surface area contributed by atoms with Crippen molar-refractivity contribution in [3.8, 4) is 0 Å². The van der Waals surface area contributed by atoms with E-state index in [1.54, 1.807) is 4.90 Å². The van der Waals surface area contributed by atoms with E-state index in [4.69, 9.17) is 4.42 Å². The van der Waals surface area contributed by atoms with Crippen molar-refractivity contribution in [3.05, 3.63) is 18.4 Å². The Kier molecular flexibility index (Phi) is 3.93. The summed E-state index contributed by atoms with van der Waals surface area (Å²) in [6.07, 6.45) is 7.00. The molecule has 1 aliphatic carbocycles. The fraction of sp³-hybridized carbons (Fsp3) is 0.688. The van der Waals surface area contributed by atoms with Crippen LogP contribution in [-0.4, -0.2) is 40.8 Å². The van der Waals surface area contributed by atoms with Crippen LogP contribution < -0.4 is 5.32 Å². The molecule has 2 heterocycles. The lowest BCUT2D eigenvalue weighted by atomic mass is 9.76. The van der Waals surface area contributed by atoms with E-state index in [-0.39, 0.29) is 34.9 Å². The molecule has 1 spiro atoms. The highest BCUT2D eigenvalue weighted by Crippen LogP contribution is 2.49. The summed E-state index contributed by atoms with van der Waals surface area (Å²) < 4.78 is 5.12. The summed E-state index contributed by atoms with van der Waals surface area (Å²) in [7, 11) is 0. The fourth-order valence-electron chi connectivity index (χ4n) is 3.93. The van der Waals surface area contributed by atoms with E-state index in [1.165, 1.54) is 12.6 Å². The van der Waals surface area contributed by atoms with Gasteiger partial charge in [0.25, 0.3) is 5.91 Å². The minimum atomic E-state index is -0.163. The first-order valence-corrected chi connectivity index (χ1v) is 8.00. The van der Waals surface area contributed by atoms with Crippen molar-refractivity contribution in [2.45, 2.75) is 45.6 Å². The SMILES string of the molecule is CC(C)NC(=O)C1CN(C(=O)c2cnco2)CC12CCCC2. The van der Waals surface area contributed by atoms with E-state index in [2.05, 4.69) is 10.3 Å². The first-order valence-electron chi connectivity index (χ1n) is 8.00. The Balaban J connectivity index is 1.80. The lowest BCUT2D eigenvalue weighted by molar-refractivity contribution is -0.128. The van der Waals surface area contributed by atoms with Crippen LogP contribution in [0.5, 0.6) is 0 Å². The Morgan fingerprint density at radius 2 is 2.14 bits per heavy atom. The number of aromatic nitrogens is 1. The molecule has 120 valence electrons. The van der Waals surface area contributed by atoms with E-state index in [0.717, 1.165) is 25.7 Å². The third kappa shape index (κ3) is 2.62. The Morgan fingerprint density at radius 1 is 1.41 bits per heavy atom. The van der Waals surface area contributed by atoms with Gasteiger partial charge in [-0.25, -0.2) is 4.98 Å². The summed E-state index contributed by atoms with van der Waals surface area (Å²) in [6, 6.07) is 0.116. The second kappa shape index (κ2) is 5.74. The normalized spacial score (nSPS) is 23.4. The van der Waals surface area contributed by atoms with Crippen LogP contribution in [0.25, 0.3) is 0 Å². The molecule has 1 saturated carbocycles. The summed E-state index contributed by atoms with van der Waals surface area (Å²) in [6.45, 7) is 5.04. The van der Waals surface area contributed by atoms with Gasteiger partial charge in [0.1, 0.15) is 0 Å². The van der Waals surface area contributed by atoms with Crippen molar-refractivity contribution < 1.29 is 14.0 Å². The summed E-state index contributed by atoms with van der Waals surface area (Å²) in [5.74, 6) is 0.0377. The number of rotatable bonds is 3. The zero-order valence-corrected chi connectivity index (χ0v) is 13.2. The molecule has 0 radical (unpaired) electrons. The van der Waals surface area contributed by atoms with Crippen LogP contribution in [0.1, 0.15) is 50.1 Å². The summed E-state index contributed by atoms with van der Waals surface area (Å²) >= 11 is 0. The molecule has 6 nitrogen and oxygen atoms in total. The molecular weight excluding hydrogens is 282 g/mol. The number of amides is 2. The summed E-state index contributed by atoms with van der Waals surface area (Å²) in [5.41, 5.74) is -0.0609. The van der Waals surface area contributed by atoms with E-state index in [0.29, 0.717) is 13.1 Å². The van der Waals surface area contributed by atoms with Crippen molar-refractivity contribution in [3.63, 3.8) is 0 Å². The molecule has 1 N–H and O–H groups in total.